The van der Waals surface area contributed by atoms with Crippen LogP contribution >= 0.6 is 24.0 Å². The van der Waals surface area contributed by atoms with E-state index in [1.165, 1.54) is 25.2 Å². The molecular weight excluding hydrogens is 398 g/mol. The molecule has 8 heteroatoms. The smallest absolute Gasteiger partial charge is 0.387 e. The molecule has 0 saturated carbocycles. The average molecular weight is 415 g/mol. The number of guanidine groups is 1. The SMILES string of the molecule is C=CCNC(=NC)NCc1c(F)cccc1OC(F)F.I. The minimum absolute atomic E-state index is 0. The van der Waals surface area contributed by atoms with Crippen molar-refractivity contribution < 1.29 is 17.9 Å². The van der Waals surface area contributed by atoms with Crippen molar-refractivity contribution in [2.24, 2.45) is 4.99 Å². The van der Waals surface area contributed by atoms with E-state index >= 15 is 0 Å². The number of benzene rings is 1. The summed E-state index contributed by atoms with van der Waals surface area (Å²) in [7, 11) is 1.54. The molecule has 0 aliphatic carbocycles. The van der Waals surface area contributed by atoms with Gasteiger partial charge in [-0.15, -0.1) is 30.6 Å². The minimum atomic E-state index is -3.01. The van der Waals surface area contributed by atoms with Crippen LogP contribution < -0.4 is 15.4 Å². The molecule has 0 aliphatic heterocycles. The van der Waals surface area contributed by atoms with E-state index in [-0.39, 0.29) is 41.8 Å². The van der Waals surface area contributed by atoms with Crippen LogP contribution in [0.1, 0.15) is 5.56 Å². The molecule has 0 bridgehead atoms. The van der Waals surface area contributed by atoms with E-state index in [0.29, 0.717) is 12.5 Å². The number of alkyl halides is 2. The first-order valence-electron chi connectivity index (χ1n) is 5.86. The number of nitrogens with one attached hydrogen (secondary N) is 2. The number of rotatable bonds is 6. The van der Waals surface area contributed by atoms with Crippen molar-refractivity contribution in [3.8, 4) is 5.75 Å². The molecule has 0 spiro atoms. The summed E-state index contributed by atoms with van der Waals surface area (Å²) in [6, 6.07) is 3.77. The van der Waals surface area contributed by atoms with E-state index in [1.807, 2.05) is 0 Å². The van der Waals surface area contributed by atoms with Gasteiger partial charge in [-0.3, -0.25) is 4.99 Å². The van der Waals surface area contributed by atoms with Crippen LogP contribution in [0, 0.1) is 5.82 Å². The highest BCUT2D eigenvalue weighted by atomic mass is 127. The molecule has 1 aromatic rings. The maximum Gasteiger partial charge on any atom is 0.387 e. The van der Waals surface area contributed by atoms with Gasteiger partial charge in [0.2, 0.25) is 0 Å². The maximum absolute atomic E-state index is 13.7. The van der Waals surface area contributed by atoms with Crippen molar-refractivity contribution in [3.05, 3.63) is 42.2 Å². The van der Waals surface area contributed by atoms with Crippen LogP contribution in [-0.2, 0) is 6.54 Å². The van der Waals surface area contributed by atoms with Crippen molar-refractivity contribution in [2.75, 3.05) is 13.6 Å². The Kier molecular flexibility index (Phi) is 9.59. The van der Waals surface area contributed by atoms with Crippen molar-refractivity contribution in [3.63, 3.8) is 0 Å². The van der Waals surface area contributed by atoms with Gasteiger partial charge in [0.25, 0.3) is 0 Å². The first kappa shape index (κ1) is 19.6. The second-order valence-electron chi connectivity index (χ2n) is 3.69. The lowest BCUT2D eigenvalue weighted by Gasteiger charge is -2.14. The second-order valence-corrected chi connectivity index (χ2v) is 3.69. The second kappa shape index (κ2) is 10.3. The summed E-state index contributed by atoms with van der Waals surface area (Å²) in [6.07, 6.45) is 1.63. The number of nitrogens with zero attached hydrogens (tertiary/aromatic N) is 1. The first-order valence-corrected chi connectivity index (χ1v) is 5.86. The summed E-state index contributed by atoms with van der Waals surface area (Å²) in [5, 5.41) is 5.68. The quantitative estimate of drug-likeness (QED) is 0.325. The Hall–Kier alpha value is -1.45. The molecule has 0 unspecified atom stereocenters. The fraction of sp³-hybridized carbons (Fsp3) is 0.308. The Morgan fingerprint density at radius 1 is 1.43 bits per heavy atom. The standard InChI is InChI=1S/C13H16F3N3O.HI/c1-3-7-18-13(17-2)19-8-9-10(14)5-4-6-11(9)20-12(15)16;/h3-6,12H,1,7-8H2,2H3,(H2,17,18,19);1H. The van der Waals surface area contributed by atoms with E-state index in [0.717, 1.165) is 0 Å². The summed E-state index contributed by atoms with van der Waals surface area (Å²) in [5.41, 5.74) is 0.00866. The fourth-order valence-corrected chi connectivity index (χ4v) is 1.48. The molecule has 21 heavy (non-hydrogen) atoms. The van der Waals surface area contributed by atoms with Gasteiger partial charge in [-0.05, 0) is 12.1 Å². The van der Waals surface area contributed by atoms with Gasteiger partial charge in [0.15, 0.2) is 5.96 Å². The van der Waals surface area contributed by atoms with Crippen LogP contribution in [0.5, 0.6) is 5.75 Å². The molecule has 0 amide bonds. The van der Waals surface area contributed by atoms with Crippen LogP contribution in [0.4, 0.5) is 13.2 Å². The topological polar surface area (TPSA) is 45.7 Å². The third-order valence-electron chi connectivity index (χ3n) is 2.36. The molecule has 0 aromatic heterocycles. The molecule has 0 heterocycles. The lowest BCUT2D eigenvalue weighted by molar-refractivity contribution is -0.0506. The van der Waals surface area contributed by atoms with Crippen LogP contribution in [0.3, 0.4) is 0 Å². The van der Waals surface area contributed by atoms with E-state index < -0.39 is 12.4 Å². The molecule has 1 rings (SSSR count). The Morgan fingerprint density at radius 3 is 2.71 bits per heavy atom. The predicted molar refractivity (Wildman–Crippen MR) is 86.8 cm³/mol. The van der Waals surface area contributed by atoms with E-state index in [4.69, 9.17) is 0 Å². The molecule has 1 aromatic carbocycles. The van der Waals surface area contributed by atoms with Crippen molar-refractivity contribution in [2.45, 2.75) is 13.2 Å². The van der Waals surface area contributed by atoms with Crippen molar-refractivity contribution in [1.29, 1.82) is 0 Å². The van der Waals surface area contributed by atoms with Crippen molar-refractivity contribution >= 4 is 29.9 Å². The van der Waals surface area contributed by atoms with Gasteiger partial charge < -0.3 is 15.4 Å². The lowest BCUT2D eigenvalue weighted by Crippen LogP contribution is -2.37. The van der Waals surface area contributed by atoms with Gasteiger partial charge in [-0.1, -0.05) is 12.1 Å². The fourth-order valence-electron chi connectivity index (χ4n) is 1.48. The normalized spacial score (nSPS) is 10.8. The lowest BCUT2D eigenvalue weighted by atomic mass is 10.2. The Balaban J connectivity index is 0.00000400. The molecule has 0 atom stereocenters. The third-order valence-corrected chi connectivity index (χ3v) is 2.36. The molecule has 0 aliphatic rings. The summed E-state index contributed by atoms with van der Waals surface area (Å²) in [5.74, 6) is -0.433. The summed E-state index contributed by atoms with van der Waals surface area (Å²) in [4.78, 5) is 3.90. The average Bonchev–Trinajstić information content (AvgIpc) is 2.40. The Morgan fingerprint density at radius 2 is 2.14 bits per heavy atom. The monoisotopic (exact) mass is 415 g/mol. The number of halogens is 4. The number of hydrogen-bond donors (Lipinski definition) is 2. The molecule has 0 fully saturated rings. The Bertz CT molecular complexity index is 484. The number of hydrogen-bond acceptors (Lipinski definition) is 2. The highest BCUT2D eigenvalue weighted by Crippen LogP contribution is 2.23. The zero-order valence-electron chi connectivity index (χ0n) is 11.4. The van der Waals surface area contributed by atoms with Crippen molar-refractivity contribution in [1.82, 2.24) is 10.6 Å². The van der Waals surface area contributed by atoms with Crippen LogP contribution in [-0.4, -0.2) is 26.2 Å². The molecular formula is C13H17F3IN3O. The van der Waals surface area contributed by atoms with E-state index in [1.54, 1.807) is 6.08 Å². The zero-order chi connectivity index (χ0) is 15.0. The van der Waals surface area contributed by atoms with Gasteiger partial charge in [-0.2, -0.15) is 8.78 Å². The van der Waals surface area contributed by atoms with Crippen LogP contribution in [0.2, 0.25) is 0 Å². The highest BCUT2D eigenvalue weighted by molar-refractivity contribution is 14.0. The molecule has 0 saturated heterocycles. The van der Waals surface area contributed by atoms with Gasteiger partial charge in [0.05, 0.1) is 0 Å². The minimum Gasteiger partial charge on any atom is -0.434 e. The largest absolute Gasteiger partial charge is 0.434 e. The summed E-state index contributed by atoms with van der Waals surface area (Å²) in [6.45, 7) is 0.965. The molecule has 118 valence electrons. The van der Waals surface area contributed by atoms with Gasteiger partial charge in [-0.25, -0.2) is 4.39 Å². The Labute approximate surface area is 138 Å². The zero-order valence-corrected chi connectivity index (χ0v) is 13.7. The number of aliphatic imine (C=N–C) groups is 1. The third kappa shape index (κ3) is 6.69. The molecule has 4 nitrogen and oxygen atoms in total. The van der Waals surface area contributed by atoms with Crippen LogP contribution in [0.15, 0.2) is 35.8 Å². The predicted octanol–water partition coefficient (Wildman–Crippen LogP) is 2.90. The maximum atomic E-state index is 13.7. The van der Waals surface area contributed by atoms with Crippen LogP contribution in [0.25, 0.3) is 0 Å². The number of ether oxygens (including phenoxy) is 1. The van der Waals surface area contributed by atoms with Gasteiger partial charge in [0, 0.05) is 25.7 Å². The van der Waals surface area contributed by atoms with Gasteiger partial charge in [0.1, 0.15) is 11.6 Å². The highest BCUT2D eigenvalue weighted by Gasteiger charge is 2.13. The van der Waals surface area contributed by atoms with E-state index in [2.05, 4.69) is 26.9 Å². The summed E-state index contributed by atoms with van der Waals surface area (Å²) < 4.78 is 42.5. The summed E-state index contributed by atoms with van der Waals surface area (Å²) >= 11 is 0. The first-order chi connectivity index (χ1) is 9.58. The molecule has 2 N–H and O–H groups in total. The van der Waals surface area contributed by atoms with E-state index in [9.17, 15) is 13.2 Å². The van der Waals surface area contributed by atoms with Gasteiger partial charge >= 0.3 is 6.61 Å². The molecule has 0 radical (unpaired) electrons.